The van der Waals surface area contributed by atoms with Crippen molar-refractivity contribution in [3.63, 3.8) is 0 Å². The molecule has 14 heavy (non-hydrogen) atoms. The van der Waals surface area contributed by atoms with Crippen molar-refractivity contribution in [2.45, 2.75) is 81.1 Å². The van der Waals surface area contributed by atoms with Gasteiger partial charge in [-0.3, -0.25) is 0 Å². The minimum absolute atomic E-state index is 0.518. The lowest BCUT2D eigenvalue weighted by Gasteiger charge is -2.25. The molecule has 0 nitrogen and oxygen atoms in total. The molecule has 0 aliphatic rings. The number of rotatable bonds is 4. The second-order valence-corrected chi connectivity index (χ2v) is 5.93. The topological polar surface area (TPSA) is 0 Å². The summed E-state index contributed by atoms with van der Waals surface area (Å²) >= 11 is 0. The Labute approximate surface area is 92.5 Å². The fourth-order valence-corrected chi connectivity index (χ4v) is 1.27. The second kappa shape index (κ2) is 7.31. The van der Waals surface area contributed by atoms with Gasteiger partial charge in [0.25, 0.3) is 0 Å². The van der Waals surface area contributed by atoms with Crippen LogP contribution in [0.4, 0.5) is 0 Å². The predicted molar refractivity (Wildman–Crippen MR) is 68.7 cm³/mol. The lowest BCUT2D eigenvalue weighted by molar-refractivity contribution is 0.274. The maximum Gasteiger partial charge on any atom is -0.0357 e. The van der Waals surface area contributed by atoms with E-state index in [1.54, 1.807) is 0 Å². The van der Waals surface area contributed by atoms with Gasteiger partial charge in [0.15, 0.2) is 0 Å². The Balaban J connectivity index is 0. The Morgan fingerprint density at radius 3 is 1.50 bits per heavy atom. The highest BCUT2D eigenvalue weighted by Gasteiger charge is 2.16. The maximum atomic E-state index is 2.37. The normalized spacial score (nSPS) is 12.0. The average Bonchev–Trinajstić information content (AvgIpc) is 2.05. The van der Waals surface area contributed by atoms with Crippen LogP contribution < -0.4 is 0 Å². The number of hydrogen-bond acceptors (Lipinski definition) is 0. The van der Waals surface area contributed by atoms with Gasteiger partial charge in [0, 0.05) is 0 Å². The molecule has 0 heteroatoms. The summed E-state index contributed by atoms with van der Waals surface area (Å²) in [7, 11) is 0. The Bertz CT molecular complexity index is 114. The molecule has 0 unspecified atom stereocenters. The van der Waals surface area contributed by atoms with Gasteiger partial charge in [0.05, 0.1) is 0 Å². The summed E-state index contributed by atoms with van der Waals surface area (Å²) in [5, 5.41) is 0. The molecule has 0 fully saturated rings. The minimum Gasteiger partial charge on any atom is -0.0683 e. The van der Waals surface area contributed by atoms with Crippen molar-refractivity contribution in [2.75, 3.05) is 0 Å². The third-order valence-electron chi connectivity index (χ3n) is 2.74. The molecule has 0 aromatic carbocycles. The van der Waals surface area contributed by atoms with Crippen LogP contribution in [0, 0.1) is 10.8 Å². The lowest BCUT2D eigenvalue weighted by Crippen LogP contribution is -2.12. The highest BCUT2D eigenvalue weighted by molar-refractivity contribution is 4.69. The van der Waals surface area contributed by atoms with Gasteiger partial charge in [-0.2, -0.15) is 0 Å². The van der Waals surface area contributed by atoms with Crippen LogP contribution in [0.25, 0.3) is 0 Å². The zero-order valence-corrected chi connectivity index (χ0v) is 11.8. The van der Waals surface area contributed by atoms with Crippen LogP contribution in [-0.4, -0.2) is 0 Å². The van der Waals surface area contributed by atoms with Gasteiger partial charge >= 0.3 is 0 Å². The van der Waals surface area contributed by atoms with E-state index in [1.165, 1.54) is 25.7 Å². The smallest absolute Gasteiger partial charge is 0.0357 e. The Morgan fingerprint density at radius 2 is 1.21 bits per heavy atom. The molecule has 0 bridgehead atoms. The molecule has 0 N–H and O–H groups in total. The molecule has 0 amide bonds. The fraction of sp³-hybridized carbons (Fsp3) is 1.00. The van der Waals surface area contributed by atoms with E-state index in [1.807, 2.05) is 13.8 Å². The summed E-state index contributed by atoms with van der Waals surface area (Å²) in [6, 6.07) is 0. The SMILES string of the molecule is CC.CCC(C)(C)CCCC(C)(C)C. The zero-order chi connectivity index (χ0) is 11.8. The van der Waals surface area contributed by atoms with Crippen LogP contribution in [0.1, 0.15) is 81.1 Å². The second-order valence-electron chi connectivity index (χ2n) is 5.93. The van der Waals surface area contributed by atoms with E-state index in [0.717, 1.165) is 0 Å². The third-order valence-corrected chi connectivity index (χ3v) is 2.74. The van der Waals surface area contributed by atoms with Crippen LogP contribution in [-0.2, 0) is 0 Å². The van der Waals surface area contributed by atoms with Crippen molar-refractivity contribution in [1.82, 2.24) is 0 Å². The van der Waals surface area contributed by atoms with Crippen molar-refractivity contribution in [3.8, 4) is 0 Å². The maximum absolute atomic E-state index is 2.37. The summed E-state index contributed by atoms with van der Waals surface area (Å²) in [5.74, 6) is 0. The van der Waals surface area contributed by atoms with Crippen molar-refractivity contribution in [3.05, 3.63) is 0 Å². The van der Waals surface area contributed by atoms with Gasteiger partial charge in [-0.05, 0) is 23.7 Å². The molecule has 0 saturated heterocycles. The molecular formula is C14H32. The first kappa shape index (κ1) is 16.4. The van der Waals surface area contributed by atoms with Gasteiger partial charge in [-0.1, -0.05) is 68.2 Å². The van der Waals surface area contributed by atoms with Crippen LogP contribution >= 0.6 is 0 Å². The van der Waals surface area contributed by atoms with Crippen molar-refractivity contribution in [2.24, 2.45) is 10.8 Å². The summed E-state index contributed by atoms with van der Waals surface area (Å²) in [6.07, 6.45) is 5.42. The van der Waals surface area contributed by atoms with E-state index in [-0.39, 0.29) is 0 Å². The van der Waals surface area contributed by atoms with Crippen molar-refractivity contribution in [1.29, 1.82) is 0 Å². The van der Waals surface area contributed by atoms with Gasteiger partial charge in [0.2, 0.25) is 0 Å². The van der Waals surface area contributed by atoms with E-state index in [0.29, 0.717) is 10.8 Å². The van der Waals surface area contributed by atoms with E-state index in [2.05, 4.69) is 41.5 Å². The third kappa shape index (κ3) is 12.0. The van der Waals surface area contributed by atoms with Crippen molar-refractivity contribution >= 4 is 0 Å². The first-order chi connectivity index (χ1) is 6.27. The number of hydrogen-bond donors (Lipinski definition) is 0. The monoisotopic (exact) mass is 200 g/mol. The Hall–Kier alpha value is 0. The van der Waals surface area contributed by atoms with Crippen molar-refractivity contribution < 1.29 is 0 Å². The van der Waals surface area contributed by atoms with E-state index >= 15 is 0 Å². The Morgan fingerprint density at radius 1 is 0.786 bits per heavy atom. The predicted octanol–water partition coefficient (Wildman–Crippen LogP) is 5.67. The molecule has 88 valence electrons. The van der Waals surface area contributed by atoms with Crippen LogP contribution in [0.15, 0.2) is 0 Å². The quantitative estimate of drug-likeness (QED) is 0.549. The fourth-order valence-electron chi connectivity index (χ4n) is 1.27. The molecular weight excluding hydrogens is 168 g/mol. The van der Waals surface area contributed by atoms with Crippen LogP contribution in [0.5, 0.6) is 0 Å². The molecule has 0 aliphatic heterocycles. The van der Waals surface area contributed by atoms with Gasteiger partial charge in [0.1, 0.15) is 0 Å². The molecule has 0 heterocycles. The largest absolute Gasteiger partial charge is 0.0683 e. The summed E-state index contributed by atoms with van der Waals surface area (Å²) in [4.78, 5) is 0. The van der Waals surface area contributed by atoms with E-state index in [4.69, 9.17) is 0 Å². The molecule has 0 rings (SSSR count). The zero-order valence-electron chi connectivity index (χ0n) is 11.8. The molecule has 0 aromatic rings. The van der Waals surface area contributed by atoms with Crippen LogP contribution in [0.2, 0.25) is 0 Å². The molecule has 0 saturated carbocycles. The molecule has 0 aromatic heterocycles. The molecule has 0 atom stereocenters. The summed E-state index contributed by atoms with van der Waals surface area (Å²) < 4.78 is 0. The molecule has 0 radical (unpaired) electrons. The summed E-state index contributed by atoms with van der Waals surface area (Å²) in [5.41, 5.74) is 1.08. The Kier molecular flexibility index (Phi) is 8.58. The summed E-state index contributed by atoms with van der Waals surface area (Å²) in [6.45, 7) is 18.0. The van der Waals surface area contributed by atoms with Gasteiger partial charge < -0.3 is 0 Å². The van der Waals surface area contributed by atoms with E-state index < -0.39 is 0 Å². The van der Waals surface area contributed by atoms with Gasteiger partial charge in [-0.25, -0.2) is 0 Å². The standard InChI is InChI=1S/C12H26.C2H6/c1-7-12(5,6)10-8-9-11(2,3)4;1-2/h7-10H2,1-6H3;1-2H3. The lowest BCUT2D eigenvalue weighted by atomic mass is 9.81. The highest BCUT2D eigenvalue weighted by Crippen LogP contribution is 2.30. The molecule has 0 aliphatic carbocycles. The van der Waals surface area contributed by atoms with Crippen LogP contribution in [0.3, 0.4) is 0 Å². The molecule has 0 spiro atoms. The van der Waals surface area contributed by atoms with E-state index in [9.17, 15) is 0 Å². The first-order valence-electron chi connectivity index (χ1n) is 6.27. The highest BCUT2D eigenvalue weighted by atomic mass is 14.2. The minimum atomic E-state index is 0.518. The van der Waals surface area contributed by atoms with Gasteiger partial charge in [-0.15, -0.1) is 0 Å². The average molecular weight is 200 g/mol. The first-order valence-corrected chi connectivity index (χ1v) is 6.27.